The molecule has 0 radical (unpaired) electrons. The molecule has 0 amide bonds. The van der Waals surface area contributed by atoms with Gasteiger partial charge in [-0.1, -0.05) is 43.1 Å². The van der Waals surface area contributed by atoms with Crippen molar-refractivity contribution in [2.75, 3.05) is 6.61 Å². The summed E-state index contributed by atoms with van der Waals surface area (Å²) in [6, 6.07) is 8.88. The molecule has 116 valence electrons. The van der Waals surface area contributed by atoms with Crippen LogP contribution in [0.5, 0.6) is 11.5 Å². The molecule has 0 atom stereocenters. The minimum absolute atomic E-state index is 0.267. The number of halogens is 1. The Balaban J connectivity index is 2.26. The molecule has 1 aromatic carbocycles. The summed E-state index contributed by atoms with van der Waals surface area (Å²) in [5, 5.41) is 0.267. The fourth-order valence-electron chi connectivity index (χ4n) is 1.90. The van der Waals surface area contributed by atoms with Crippen LogP contribution in [0.3, 0.4) is 0 Å². The molecule has 0 N–H and O–H groups in total. The van der Waals surface area contributed by atoms with Crippen LogP contribution in [0.25, 0.3) is 0 Å². The van der Waals surface area contributed by atoms with Crippen molar-refractivity contribution < 1.29 is 14.3 Å². The maximum Gasteiger partial charge on any atom is 0.347 e. The van der Waals surface area contributed by atoms with E-state index in [1.165, 1.54) is 6.20 Å². The molecule has 4 nitrogen and oxygen atoms in total. The number of carbonyl (C=O) groups excluding carboxylic acids is 1. The van der Waals surface area contributed by atoms with E-state index in [0.717, 1.165) is 12.8 Å². The maximum absolute atomic E-state index is 12.5. The SMILES string of the molecule is CCCCOc1cnc(Cl)c(C)c1C(=O)Oc1ccccc1. The van der Waals surface area contributed by atoms with Crippen molar-refractivity contribution in [3.63, 3.8) is 0 Å². The van der Waals surface area contributed by atoms with E-state index in [-0.39, 0.29) is 5.15 Å². The van der Waals surface area contributed by atoms with Crippen molar-refractivity contribution in [2.24, 2.45) is 0 Å². The van der Waals surface area contributed by atoms with E-state index >= 15 is 0 Å². The first kappa shape index (κ1) is 16.3. The molecule has 0 spiro atoms. The van der Waals surface area contributed by atoms with Gasteiger partial charge in [0.1, 0.15) is 16.5 Å². The average molecular weight is 320 g/mol. The van der Waals surface area contributed by atoms with Crippen molar-refractivity contribution in [1.29, 1.82) is 0 Å². The number of rotatable bonds is 6. The Morgan fingerprint density at radius 1 is 1.27 bits per heavy atom. The molecule has 0 aliphatic carbocycles. The number of para-hydroxylation sites is 1. The quantitative estimate of drug-likeness (QED) is 0.342. The first-order valence-electron chi connectivity index (χ1n) is 7.18. The number of unbranched alkanes of at least 4 members (excludes halogenated alkanes) is 1. The fraction of sp³-hybridized carbons (Fsp3) is 0.294. The molecule has 1 heterocycles. The van der Waals surface area contributed by atoms with Crippen LogP contribution in [0.2, 0.25) is 5.15 Å². The van der Waals surface area contributed by atoms with Gasteiger partial charge in [0, 0.05) is 5.56 Å². The Morgan fingerprint density at radius 2 is 2.00 bits per heavy atom. The summed E-state index contributed by atoms with van der Waals surface area (Å²) < 4.78 is 11.0. The largest absolute Gasteiger partial charge is 0.491 e. The molecule has 2 rings (SSSR count). The van der Waals surface area contributed by atoms with Gasteiger partial charge in [-0.2, -0.15) is 0 Å². The van der Waals surface area contributed by atoms with Crippen LogP contribution in [0.4, 0.5) is 0 Å². The third kappa shape index (κ3) is 3.98. The van der Waals surface area contributed by atoms with Crippen LogP contribution in [0.1, 0.15) is 35.7 Å². The number of esters is 1. The summed E-state index contributed by atoms with van der Waals surface area (Å²) >= 11 is 6.02. The molecule has 0 aliphatic rings. The van der Waals surface area contributed by atoms with E-state index in [1.807, 2.05) is 6.07 Å². The fourth-order valence-corrected chi connectivity index (χ4v) is 2.04. The van der Waals surface area contributed by atoms with Gasteiger partial charge in [-0.25, -0.2) is 9.78 Å². The minimum atomic E-state index is -0.500. The number of benzene rings is 1. The highest BCUT2D eigenvalue weighted by molar-refractivity contribution is 6.30. The average Bonchev–Trinajstić information content (AvgIpc) is 2.52. The van der Waals surface area contributed by atoms with Gasteiger partial charge >= 0.3 is 5.97 Å². The minimum Gasteiger partial charge on any atom is -0.491 e. The molecule has 1 aromatic heterocycles. The second-order valence-electron chi connectivity index (χ2n) is 4.82. The molecule has 22 heavy (non-hydrogen) atoms. The summed E-state index contributed by atoms with van der Waals surface area (Å²) in [5.74, 6) is 0.370. The van der Waals surface area contributed by atoms with E-state index in [0.29, 0.717) is 29.2 Å². The Kier molecular flexibility index (Phi) is 5.78. The molecular weight excluding hydrogens is 302 g/mol. The molecule has 0 unspecified atom stereocenters. The zero-order chi connectivity index (χ0) is 15.9. The molecule has 5 heteroatoms. The molecule has 0 saturated heterocycles. The third-order valence-electron chi connectivity index (χ3n) is 3.14. The second kappa shape index (κ2) is 7.80. The summed E-state index contributed by atoms with van der Waals surface area (Å²) in [4.78, 5) is 16.5. The molecule has 0 fully saturated rings. The lowest BCUT2D eigenvalue weighted by Crippen LogP contribution is -2.14. The second-order valence-corrected chi connectivity index (χ2v) is 5.18. The molecule has 0 saturated carbocycles. The predicted octanol–water partition coefficient (Wildman–Crippen LogP) is 4.44. The van der Waals surface area contributed by atoms with E-state index < -0.39 is 5.97 Å². The van der Waals surface area contributed by atoms with Crippen LogP contribution in [-0.2, 0) is 0 Å². The lowest BCUT2D eigenvalue weighted by molar-refractivity contribution is 0.0729. The first-order chi connectivity index (χ1) is 10.6. The smallest absolute Gasteiger partial charge is 0.347 e. The zero-order valence-corrected chi connectivity index (χ0v) is 13.4. The summed E-state index contributed by atoms with van der Waals surface area (Å²) in [6.45, 7) is 4.31. The van der Waals surface area contributed by atoms with Crippen LogP contribution in [0, 0.1) is 6.92 Å². The normalized spacial score (nSPS) is 10.3. The molecular formula is C17H18ClNO3. The van der Waals surface area contributed by atoms with Gasteiger partial charge < -0.3 is 9.47 Å². The third-order valence-corrected chi connectivity index (χ3v) is 3.52. The Hall–Kier alpha value is -2.07. The van der Waals surface area contributed by atoms with E-state index in [9.17, 15) is 4.79 Å². The van der Waals surface area contributed by atoms with Crippen LogP contribution in [-0.4, -0.2) is 17.6 Å². The predicted molar refractivity (Wildman–Crippen MR) is 85.8 cm³/mol. The topological polar surface area (TPSA) is 48.4 Å². The number of aromatic nitrogens is 1. The summed E-state index contributed by atoms with van der Waals surface area (Å²) in [5.41, 5.74) is 0.872. The zero-order valence-electron chi connectivity index (χ0n) is 12.6. The Bertz CT molecular complexity index is 644. The van der Waals surface area contributed by atoms with Crippen molar-refractivity contribution in [1.82, 2.24) is 4.98 Å². The Labute approximate surface area is 135 Å². The number of hydrogen-bond acceptors (Lipinski definition) is 4. The van der Waals surface area contributed by atoms with Crippen molar-refractivity contribution in [3.8, 4) is 11.5 Å². The Morgan fingerprint density at radius 3 is 2.68 bits per heavy atom. The molecule has 0 bridgehead atoms. The lowest BCUT2D eigenvalue weighted by atomic mass is 10.1. The standard InChI is InChI=1S/C17H18ClNO3/c1-3-4-10-21-14-11-19-16(18)12(2)15(14)17(20)22-13-8-6-5-7-9-13/h5-9,11H,3-4,10H2,1-2H3. The maximum atomic E-state index is 12.5. The number of pyridine rings is 1. The van der Waals surface area contributed by atoms with Gasteiger partial charge in [-0.15, -0.1) is 0 Å². The van der Waals surface area contributed by atoms with Crippen LogP contribution >= 0.6 is 11.6 Å². The van der Waals surface area contributed by atoms with Gasteiger partial charge in [-0.05, 0) is 25.5 Å². The molecule has 2 aromatic rings. The van der Waals surface area contributed by atoms with E-state index in [2.05, 4.69) is 11.9 Å². The highest BCUT2D eigenvalue weighted by Gasteiger charge is 2.21. The van der Waals surface area contributed by atoms with Gasteiger partial charge in [0.15, 0.2) is 5.75 Å². The van der Waals surface area contributed by atoms with E-state index in [4.69, 9.17) is 21.1 Å². The number of carbonyl (C=O) groups is 1. The first-order valence-corrected chi connectivity index (χ1v) is 7.56. The van der Waals surface area contributed by atoms with Crippen molar-refractivity contribution >= 4 is 17.6 Å². The van der Waals surface area contributed by atoms with Gasteiger partial charge in [0.05, 0.1) is 12.8 Å². The summed E-state index contributed by atoms with van der Waals surface area (Å²) in [6.07, 6.45) is 3.37. The molecule has 0 aliphatic heterocycles. The summed E-state index contributed by atoms with van der Waals surface area (Å²) in [7, 11) is 0. The van der Waals surface area contributed by atoms with Crippen LogP contribution < -0.4 is 9.47 Å². The van der Waals surface area contributed by atoms with Gasteiger partial charge in [0.2, 0.25) is 0 Å². The highest BCUT2D eigenvalue weighted by atomic mass is 35.5. The highest BCUT2D eigenvalue weighted by Crippen LogP contribution is 2.27. The van der Waals surface area contributed by atoms with Gasteiger partial charge in [0.25, 0.3) is 0 Å². The number of hydrogen-bond donors (Lipinski definition) is 0. The number of nitrogens with zero attached hydrogens (tertiary/aromatic N) is 1. The number of ether oxygens (including phenoxy) is 2. The van der Waals surface area contributed by atoms with Gasteiger partial charge in [-0.3, -0.25) is 0 Å². The monoisotopic (exact) mass is 319 g/mol. The van der Waals surface area contributed by atoms with Crippen LogP contribution in [0.15, 0.2) is 36.5 Å². The van der Waals surface area contributed by atoms with Crippen molar-refractivity contribution in [2.45, 2.75) is 26.7 Å². The lowest BCUT2D eigenvalue weighted by Gasteiger charge is -2.13. The van der Waals surface area contributed by atoms with Crippen molar-refractivity contribution in [3.05, 3.63) is 52.8 Å². The van der Waals surface area contributed by atoms with E-state index in [1.54, 1.807) is 31.2 Å².